The van der Waals surface area contributed by atoms with Crippen LogP contribution in [-0.4, -0.2) is 37.9 Å². The van der Waals surface area contributed by atoms with E-state index < -0.39 is 0 Å². The quantitative estimate of drug-likeness (QED) is 0.763. The largest absolute Gasteiger partial charge is 0.493 e. The van der Waals surface area contributed by atoms with Crippen LogP contribution in [0.3, 0.4) is 0 Å². The Balaban J connectivity index is 1.85. The van der Waals surface area contributed by atoms with Crippen molar-refractivity contribution in [1.82, 2.24) is 10.1 Å². The molecule has 0 unspecified atom stereocenters. The summed E-state index contributed by atoms with van der Waals surface area (Å²) >= 11 is 0. The first-order valence-corrected chi connectivity index (χ1v) is 8.69. The first-order chi connectivity index (χ1) is 12.2. The predicted octanol–water partition coefficient (Wildman–Crippen LogP) is 3.60. The third-order valence-electron chi connectivity index (χ3n) is 4.79. The Kier molecular flexibility index (Phi) is 5.48. The molecule has 3 rings (SSSR count). The highest BCUT2D eigenvalue weighted by molar-refractivity contribution is 5.55. The van der Waals surface area contributed by atoms with Crippen LogP contribution in [0.1, 0.15) is 42.8 Å². The van der Waals surface area contributed by atoms with E-state index in [0.29, 0.717) is 11.5 Å². The van der Waals surface area contributed by atoms with Gasteiger partial charge in [0.05, 0.1) is 33.1 Å². The smallest absolute Gasteiger partial charge is 0.203 e. The average Bonchev–Trinajstić information content (AvgIpc) is 3.29. The Morgan fingerprint density at radius 1 is 1.16 bits per heavy atom. The molecule has 1 aromatic carbocycles. The lowest BCUT2D eigenvalue weighted by Gasteiger charge is -2.24. The van der Waals surface area contributed by atoms with Gasteiger partial charge in [0.25, 0.3) is 0 Å². The van der Waals surface area contributed by atoms with E-state index in [1.165, 1.54) is 0 Å². The summed E-state index contributed by atoms with van der Waals surface area (Å²) in [6.45, 7) is 3.86. The molecule has 25 heavy (non-hydrogen) atoms. The predicted molar refractivity (Wildman–Crippen MR) is 94.4 cm³/mol. The SMILES string of the molecule is CCc1cc([C@H]2CCCN2Cc2ccc(OC)c(OC)c2OC)on1. The summed E-state index contributed by atoms with van der Waals surface area (Å²) in [5.41, 5.74) is 2.08. The standard InChI is InChI=1S/C19H26N2O4/c1-5-14-11-17(25-20-14)15-7-6-10-21(15)12-13-8-9-16(22-2)19(24-4)18(13)23-3/h8-9,11,15H,5-7,10,12H2,1-4H3/t15-/m1/s1. The Hall–Kier alpha value is -2.21. The second-order valence-electron chi connectivity index (χ2n) is 6.20. The third-order valence-corrected chi connectivity index (χ3v) is 4.79. The van der Waals surface area contributed by atoms with Gasteiger partial charge in [-0.2, -0.15) is 0 Å². The minimum Gasteiger partial charge on any atom is -0.493 e. The molecule has 1 atom stereocenters. The zero-order chi connectivity index (χ0) is 17.8. The van der Waals surface area contributed by atoms with Gasteiger partial charge in [-0.15, -0.1) is 0 Å². The van der Waals surface area contributed by atoms with Crippen molar-refractivity contribution in [3.8, 4) is 17.2 Å². The molecule has 1 saturated heterocycles. The maximum atomic E-state index is 5.62. The number of hydrogen-bond acceptors (Lipinski definition) is 6. The number of methoxy groups -OCH3 is 3. The summed E-state index contributed by atoms with van der Waals surface area (Å²) in [5, 5.41) is 4.14. The number of aromatic nitrogens is 1. The van der Waals surface area contributed by atoms with Gasteiger partial charge in [0.15, 0.2) is 17.3 Å². The lowest BCUT2D eigenvalue weighted by molar-refractivity contribution is 0.203. The molecule has 0 amide bonds. The van der Waals surface area contributed by atoms with Crippen molar-refractivity contribution in [2.75, 3.05) is 27.9 Å². The van der Waals surface area contributed by atoms with Gasteiger partial charge < -0.3 is 18.7 Å². The number of rotatable bonds is 7. The van der Waals surface area contributed by atoms with Crippen molar-refractivity contribution in [2.24, 2.45) is 0 Å². The summed E-state index contributed by atoms with van der Waals surface area (Å²) in [6, 6.07) is 6.29. The number of ether oxygens (including phenoxy) is 3. The van der Waals surface area contributed by atoms with E-state index in [-0.39, 0.29) is 6.04 Å². The highest BCUT2D eigenvalue weighted by Crippen LogP contribution is 2.42. The first-order valence-electron chi connectivity index (χ1n) is 8.69. The second kappa shape index (κ2) is 7.78. The average molecular weight is 346 g/mol. The Bertz CT molecular complexity index is 713. The third kappa shape index (κ3) is 3.44. The van der Waals surface area contributed by atoms with Crippen molar-refractivity contribution in [2.45, 2.75) is 38.8 Å². The normalized spacial score (nSPS) is 17.7. The van der Waals surface area contributed by atoms with Crippen LogP contribution < -0.4 is 14.2 Å². The van der Waals surface area contributed by atoms with E-state index in [0.717, 1.165) is 55.1 Å². The van der Waals surface area contributed by atoms with E-state index in [1.54, 1.807) is 21.3 Å². The number of likely N-dealkylation sites (tertiary alicyclic amines) is 1. The number of hydrogen-bond donors (Lipinski definition) is 0. The molecule has 2 heterocycles. The maximum absolute atomic E-state index is 5.62. The lowest BCUT2D eigenvalue weighted by Crippen LogP contribution is -2.23. The molecule has 0 bridgehead atoms. The molecule has 0 radical (unpaired) electrons. The monoisotopic (exact) mass is 346 g/mol. The maximum Gasteiger partial charge on any atom is 0.203 e. The van der Waals surface area contributed by atoms with Crippen LogP contribution in [0.25, 0.3) is 0 Å². The molecule has 1 aliphatic heterocycles. The molecule has 0 spiro atoms. The summed E-state index contributed by atoms with van der Waals surface area (Å²) in [6.07, 6.45) is 3.11. The Morgan fingerprint density at radius 2 is 1.96 bits per heavy atom. The molecule has 1 aliphatic rings. The summed E-state index contributed by atoms with van der Waals surface area (Å²) in [5.74, 6) is 2.98. The molecule has 6 heteroatoms. The molecule has 0 aliphatic carbocycles. The first kappa shape index (κ1) is 17.6. The molecular formula is C19H26N2O4. The van der Waals surface area contributed by atoms with Crippen molar-refractivity contribution in [1.29, 1.82) is 0 Å². The van der Waals surface area contributed by atoms with E-state index >= 15 is 0 Å². The Morgan fingerprint density at radius 3 is 2.60 bits per heavy atom. The van der Waals surface area contributed by atoms with Gasteiger partial charge in [-0.05, 0) is 31.9 Å². The molecular weight excluding hydrogens is 320 g/mol. The molecule has 1 fully saturated rings. The summed E-state index contributed by atoms with van der Waals surface area (Å²) in [7, 11) is 4.92. The van der Waals surface area contributed by atoms with Crippen LogP contribution in [0, 0.1) is 0 Å². The zero-order valence-corrected chi connectivity index (χ0v) is 15.4. The van der Waals surface area contributed by atoms with Gasteiger partial charge in [0, 0.05) is 18.2 Å². The van der Waals surface area contributed by atoms with Gasteiger partial charge in [-0.3, -0.25) is 4.90 Å². The topological polar surface area (TPSA) is 57.0 Å². The second-order valence-corrected chi connectivity index (χ2v) is 6.20. The van der Waals surface area contributed by atoms with Crippen LogP contribution in [0.2, 0.25) is 0 Å². The molecule has 136 valence electrons. The van der Waals surface area contributed by atoms with Crippen LogP contribution in [0.15, 0.2) is 22.7 Å². The van der Waals surface area contributed by atoms with Gasteiger partial charge in [-0.25, -0.2) is 0 Å². The number of benzene rings is 1. The molecule has 0 N–H and O–H groups in total. The fourth-order valence-electron chi connectivity index (χ4n) is 3.50. The molecule has 0 saturated carbocycles. The van der Waals surface area contributed by atoms with Gasteiger partial charge in [0.2, 0.25) is 5.75 Å². The van der Waals surface area contributed by atoms with E-state index in [1.807, 2.05) is 12.1 Å². The van der Waals surface area contributed by atoms with Crippen LogP contribution in [0.5, 0.6) is 17.2 Å². The fraction of sp³-hybridized carbons (Fsp3) is 0.526. The zero-order valence-electron chi connectivity index (χ0n) is 15.4. The van der Waals surface area contributed by atoms with Crippen molar-refractivity contribution in [3.63, 3.8) is 0 Å². The molecule has 6 nitrogen and oxygen atoms in total. The minimum absolute atomic E-state index is 0.255. The number of aryl methyl sites for hydroxylation is 1. The van der Waals surface area contributed by atoms with Gasteiger partial charge in [-0.1, -0.05) is 18.1 Å². The highest BCUT2D eigenvalue weighted by Gasteiger charge is 2.30. The van der Waals surface area contributed by atoms with Crippen LogP contribution in [-0.2, 0) is 13.0 Å². The van der Waals surface area contributed by atoms with E-state index in [2.05, 4.69) is 23.0 Å². The summed E-state index contributed by atoms with van der Waals surface area (Å²) < 4.78 is 22.1. The Labute approximate surface area is 148 Å². The lowest BCUT2D eigenvalue weighted by atomic mass is 10.1. The van der Waals surface area contributed by atoms with Gasteiger partial charge in [0.1, 0.15) is 0 Å². The van der Waals surface area contributed by atoms with E-state index in [4.69, 9.17) is 18.7 Å². The fourth-order valence-corrected chi connectivity index (χ4v) is 3.50. The van der Waals surface area contributed by atoms with Crippen molar-refractivity contribution >= 4 is 0 Å². The number of nitrogens with zero attached hydrogens (tertiary/aromatic N) is 2. The van der Waals surface area contributed by atoms with Crippen LogP contribution in [0.4, 0.5) is 0 Å². The molecule has 1 aromatic heterocycles. The minimum atomic E-state index is 0.255. The van der Waals surface area contributed by atoms with Crippen molar-refractivity contribution in [3.05, 3.63) is 35.2 Å². The molecule has 2 aromatic rings. The highest BCUT2D eigenvalue weighted by atomic mass is 16.5. The van der Waals surface area contributed by atoms with Gasteiger partial charge >= 0.3 is 0 Å². The summed E-state index contributed by atoms with van der Waals surface area (Å²) in [4.78, 5) is 2.41. The van der Waals surface area contributed by atoms with E-state index in [9.17, 15) is 0 Å². The van der Waals surface area contributed by atoms with Crippen LogP contribution >= 0.6 is 0 Å². The van der Waals surface area contributed by atoms with Crippen molar-refractivity contribution < 1.29 is 18.7 Å².